The van der Waals surface area contributed by atoms with Crippen molar-refractivity contribution in [1.82, 2.24) is 9.03 Å². The van der Waals surface area contributed by atoms with Crippen LogP contribution < -0.4 is 4.72 Å². The smallest absolute Gasteiger partial charge is 0.199 e. The monoisotopic (exact) mass is 300 g/mol. The Morgan fingerprint density at radius 1 is 1.27 bits per heavy atom. The van der Waals surface area contributed by atoms with Crippen LogP contribution in [0.1, 0.15) is 27.7 Å². The van der Waals surface area contributed by atoms with Gasteiger partial charge in [0.15, 0.2) is 0 Å². The topological polar surface area (TPSA) is 49.4 Å². The summed E-state index contributed by atoms with van der Waals surface area (Å²) in [7, 11) is -3.31. The Kier molecular flexibility index (Phi) is 6.99. The molecule has 0 radical (unpaired) electrons. The lowest BCUT2D eigenvalue weighted by molar-refractivity contribution is 0.411. The van der Waals surface area contributed by atoms with Crippen molar-refractivity contribution < 1.29 is 8.42 Å². The third kappa shape index (κ3) is 4.80. The van der Waals surface area contributed by atoms with Gasteiger partial charge in [-0.1, -0.05) is 36.7 Å². The normalized spacial score (nSPS) is 16.7. The molecule has 0 fully saturated rings. The highest BCUT2D eigenvalue weighted by Gasteiger charge is 2.23. The van der Waals surface area contributed by atoms with E-state index in [1.54, 1.807) is 0 Å². The van der Waals surface area contributed by atoms with Gasteiger partial charge in [0.2, 0.25) is 0 Å². The molecule has 2 unspecified atom stereocenters. The Hall–Kier alpha value is 0.350. The third-order valence-electron chi connectivity index (χ3n) is 2.48. The highest BCUT2D eigenvalue weighted by Crippen LogP contribution is 2.08. The van der Waals surface area contributed by atoms with Crippen LogP contribution in [0, 0.1) is 5.92 Å². The van der Waals surface area contributed by atoms with Crippen molar-refractivity contribution in [2.75, 3.05) is 18.4 Å². The van der Waals surface area contributed by atoms with Gasteiger partial charge in [0.1, 0.15) is 0 Å². The fourth-order valence-corrected chi connectivity index (χ4v) is 3.21. The molecule has 1 N–H and O–H groups in total. The van der Waals surface area contributed by atoms with E-state index >= 15 is 0 Å². The molecule has 0 bridgehead atoms. The Morgan fingerprint density at radius 3 is 2.07 bits per heavy atom. The van der Waals surface area contributed by atoms with E-state index in [1.807, 2.05) is 27.7 Å². The summed E-state index contributed by atoms with van der Waals surface area (Å²) in [6.07, 6.45) is 0. The summed E-state index contributed by atoms with van der Waals surface area (Å²) < 4.78 is 27.7. The Bertz CT molecular complexity index is 265. The standard InChI is InChI=1S/C9H21BrN2O2S/c1-5-12(6-2)15(13,14)11-9(4)8(3)7-10/h8-9,11H,5-7H2,1-4H3. The molecule has 0 aromatic heterocycles. The second-order valence-electron chi connectivity index (χ2n) is 3.63. The maximum absolute atomic E-state index is 11.8. The van der Waals surface area contributed by atoms with E-state index in [1.165, 1.54) is 4.31 Å². The van der Waals surface area contributed by atoms with Crippen molar-refractivity contribution in [1.29, 1.82) is 0 Å². The SMILES string of the molecule is CCN(CC)S(=O)(=O)NC(C)C(C)CBr. The second-order valence-corrected chi connectivity index (χ2v) is 5.98. The minimum absolute atomic E-state index is 0.0602. The molecule has 4 nitrogen and oxygen atoms in total. The fraction of sp³-hybridized carbons (Fsp3) is 1.00. The molecule has 15 heavy (non-hydrogen) atoms. The summed E-state index contributed by atoms with van der Waals surface area (Å²) in [5, 5.41) is 0.787. The van der Waals surface area contributed by atoms with Crippen LogP contribution in [-0.4, -0.2) is 37.2 Å². The minimum Gasteiger partial charge on any atom is -0.199 e. The number of halogens is 1. The quantitative estimate of drug-likeness (QED) is 0.726. The molecule has 0 saturated carbocycles. The number of nitrogens with one attached hydrogen (secondary N) is 1. The zero-order chi connectivity index (χ0) is 12.1. The number of alkyl halides is 1. The zero-order valence-electron chi connectivity index (χ0n) is 9.83. The molecule has 0 heterocycles. The van der Waals surface area contributed by atoms with Gasteiger partial charge in [-0.2, -0.15) is 17.4 Å². The fourth-order valence-electron chi connectivity index (χ4n) is 1.12. The first-order valence-corrected chi connectivity index (χ1v) is 7.78. The molecular formula is C9H21BrN2O2S. The van der Waals surface area contributed by atoms with Crippen molar-refractivity contribution in [3.63, 3.8) is 0 Å². The van der Waals surface area contributed by atoms with E-state index in [0.29, 0.717) is 13.1 Å². The lowest BCUT2D eigenvalue weighted by atomic mass is 10.1. The molecule has 2 atom stereocenters. The molecule has 0 aliphatic carbocycles. The van der Waals surface area contributed by atoms with Gasteiger partial charge in [-0.3, -0.25) is 0 Å². The predicted molar refractivity (Wildman–Crippen MR) is 67.4 cm³/mol. The van der Waals surface area contributed by atoms with Crippen LogP contribution in [0.4, 0.5) is 0 Å². The van der Waals surface area contributed by atoms with Gasteiger partial charge in [0.05, 0.1) is 0 Å². The molecule has 0 spiro atoms. The molecule has 92 valence electrons. The molecule has 6 heteroatoms. The molecule has 0 aromatic carbocycles. The van der Waals surface area contributed by atoms with Crippen molar-refractivity contribution in [2.24, 2.45) is 5.92 Å². The lowest BCUT2D eigenvalue weighted by Crippen LogP contribution is -2.46. The van der Waals surface area contributed by atoms with Crippen LogP contribution in [0.25, 0.3) is 0 Å². The number of hydrogen-bond acceptors (Lipinski definition) is 2. The Morgan fingerprint density at radius 2 is 1.73 bits per heavy atom. The van der Waals surface area contributed by atoms with Crippen LogP contribution in [0.3, 0.4) is 0 Å². The summed E-state index contributed by atoms with van der Waals surface area (Å²) in [6.45, 7) is 8.56. The highest BCUT2D eigenvalue weighted by atomic mass is 79.9. The average Bonchev–Trinajstić information content (AvgIpc) is 2.17. The van der Waals surface area contributed by atoms with Crippen LogP contribution in [0.5, 0.6) is 0 Å². The zero-order valence-corrected chi connectivity index (χ0v) is 12.2. The molecular weight excluding hydrogens is 280 g/mol. The van der Waals surface area contributed by atoms with Crippen LogP contribution >= 0.6 is 15.9 Å². The largest absolute Gasteiger partial charge is 0.279 e. The van der Waals surface area contributed by atoms with Crippen LogP contribution in [0.2, 0.25) is 0 Å². The van der Waals surface area contributed by atoms with Crippen molar-refractivity contribution in [3.8, 4) is 0 Å². The lowest BCUT2D eigenvalue weighted by Gasteiger charge is -2.24. The van der Waals surface area contributed by atoms with Gasteiger partial charge in [-0.05, 0) is 12.8 Å². The average molecular weight is 301 g/mol. The maximum atomic E-state index is 11.8. The van der Waals surface area contributed by atoms with Crippen molar-refractivity contribution in [3.05, 3.63) is 0 Å². The number of rotatable bonds is 7. The Labute approximate surface area is 102 Å². The number of hydrogen-bond donors (Lipinski definition) is 1. The molecule has 0 amide bonds. The van der Waals surface area contributed by atoms with Gasteiger partial charge in [-0.15, -0.1) is 0 Å². The first-order valence-electron chi connectivity index (χ1n) is 5.22. The molecule has 0 aromatic rings. The first-order chi connectivity index (χ1) is 6.88. The summed E-state index contributed by atoms with van der Waals surface area (Å²) in [6, 6.07) is -0.0602. The van der Waals surface area contributed by atoms with Crippen molar-refractivity contribution >= 4 is 26.1 Å². The van der Waals surface area contributed by atoms with Gasteiger partial charge in [0, 0.05) is 24.5 Å². The first kappa shape index (κ1) is 15.3. The summed E-state index contributed by atoms with van der Waals surface area (Å²) in [5.74, 6) is 0.273. The van der Waals surface area contributed by atoms with Crippen LogP contribution in [0.15, 0.2) is 0 Å². The highest BCUT2D eigenvalue weighted by molar-refractivity contribution is 9.09. The van der Waals surface area contributed by atoms with Crippen LogP contribution in [-0.2, 0) is 10.2 Å². The molecule has 0 rings (SSSR count). The van der Waals surface area contributed by atoms with E-state index in [2.05, 4.69) is 20.7 Å². The van der Waals surface area contributed by atoms with E-state index in [9.17, 15) is 8.42 Å². The van der Waals surface area contributed by atoms with Gasteiger partial charge in [0.25, 0.3) is 10.2 Å². The van der Waals surface area contributed by atoms with Gasteiger partial charge in [-0.25, -0.2) is 0 Å². The van der Waals surface area contributed by atoms with Gasteiger partial charge >= 0.3 is 0 Å². The maximum Gasteiger partial charge on any atom is 0.279 e. The Balaban J connectivity index is 4.50. The minimum atomic E-state index is -3.31. The van der Waals surface area contributed by atoms with E-state index in [-0.39, 0.29) is 12.0 Å². The summed E-state index contributed by atoms with van der Waals surface area (Å²) >= 11 is 3.35. The summed E-state index contributed by atoms with van der Waals surface area (Å²) in [5.41, 5.74) is 0. The van der Waals surface area contributed by atoms with E-state index < -0.39 is 10.2 Å². The van der Waals surface area contributed by atoms with Gasteiger partial charge < -0.3 is 0 Å². The molecule has 0 aliphatic heterocycles. The van der Waals surface area contributed by atoms with Crippen molar-refractivity contribution in [2.45, 2.75) is 33.7 Å². The van der Waals surface area contributed by atoms with E-state index in [0.717, 1.165) is 5.33 Å². The third-order valence-corrected chi connectivity index (χ3v) is 5.36. The second kappa shape index (κ2) is 6.83. The number of nitrogens with zero attached hydrogens (tertiary/aromatic N) is 1. The molecule has 0 saturated heterocycles. The van der Waals surface area contributed by atoms with E-state index in [4.69, 9.17) is 0 Å². The molecule has 0 aliphatic rings. The predicted octanol–water partition coefficient (Wildman–Crippen LogP) is 1.58. The summed E-state index contributed by atoms with van der Waals surface area (Å²) in [4.78, 5) is 0.